The number of rotatable bonds is 1. The number of benzene rings is 1. The van der Waals surface area contributed by atoms with E-state index < -0.39 is 0 Å². The third-order valence-electron chi connectivity index (χ3n) is 3.86. The lowest BCUT2D eigenvalue weighted by Crippen LogP contribution is -2.42. The van der Waals surface area contributed by atoms with Crippen molar-refractivity contribution < 1.29 is 4.79 Å². The summed E-state index contributed by atoms with van der Waals surface area (Å²) in [5, 5.41) is 0. The summed E-state index contributed by atoms with van der Waals surface area (Å²) in [6.45, 7) is 2.06. The van der Waals surface area contributed by atoms with E-state index in [0.717, 1.165) is 23.0 Å². The molecule has 1 atom stereocenters. The van der Waals surface area contributed by atoms with Crippen LogP contribution in [0.15, 0.2) is 41.0 Å². The minimum atomic E-state index is -0.0963. The van der Waals surface area contributed by atoms with Gasteiger partial charge in [-0.3, -0.25) is 4.79 Å². The fourth-order valence-corrected chi connectivity index (χ4v) is 3.08. The number of anilines is 2. The first-order valence-corrected chi connectivity index (χ1v) is 7.69. The molecule has 1 unspecified atom stereocenters. The van der Waals surface area contributed by atoms with E-state index in [4.69, 9.17) is 5.73 Å². The van der Waals surface area contributed by atoms with Crippen molar-refractivity contribution in [3.8, 4) is 0 Å². The van der Waals surface area contributed by atoms with Crippen molar-refractivity contribution in [1.82, 2.24) is 4.98 Å². The molecule has 0 bridgehead atoms. The normalized spacial score (nSPS) is 17.4. The number of fused-ring (bicyclic) bond motifs is 1. The predicted octanol–water partition coefficient (Wildman–Crippen LogP) is 3.41. The Labute approximate surface area is 132 Å². The van der Waals surface area contributed by atoms with Crippen LogP contribution in [0.2, 0.25) is 0 Å². The van der Waals surface area contributed by atoms with Gasteiger partial charge in [-0.05, 0) is 53.4 Å². The number of para-hydroxylation sites is 1. The quantitative estimate of drug-likeness (QED) is 0.861. The fraction of sp³-hybridized carbons (Fsp3) is 0.250. The summed E-state index contributed by atoms with van der Waals surface area (Å²) in [4.78, 5) is 18.8. The molecule has 0 saturated heterocycles. The number of hydrogen-bond donors (Lipinski definition) is 1. The number of pyridine rings is 1. The van der Waals surface area contributed by atoms with Gasteiger partial charge in [0, 0.05) is 22.4 Å². The number of nitrogens with two attached hydrogens (primary N) is 1. The zero-order valence-electron chi connectivity index (χ0n) is 11.7. The van der Waals surface area contributed by atoms with Crippen LogP contribution in [-0.2, 0) is 6.42 Å². The van der Waals surface area contributed by atoms with E-state index >= 15 is 0 Å². The van der Waals surface area contributed by atoms with Gasteiger partial charge >= 0.3 is 0 Å². The van der Waals surface area contributed by atoms with Gasteiger partial charge in [-0.1, -0.05) is 18.2 Å². The van der Waals surface area contributed by atoms with Gasteiger partial charge < -0.3 is 10.6 Å². The Morgan fingerprint density at radius 2 is 2.19 bits per heavy atom. The average molecular weight is 346 g/mol. The summed E-state index contributed by atoms with van der Waals surface area (Å²) in [5.74, 6) is 0.166. The van der Waals surface area contributed by atoms with Gasteiger partial charge in [0.1, 0.15) is 5.82 Å². The van der Waals surface area contributed by atoms with Gasteiger partial charge in [-0.15, -0.1) is 0 Å². The summed E-state index contributed by atoms with van der Waals surface area (Å²) in [7, 11) is 0. The standard InChI is InChI=1S/C16H16BrN3O/c1-10-6-7-11-4-2-3-5-14(11)20(10)16(21)13-8-12(17)9-19-15(13)18/h2-5,8-10H,6-7H2,1H3,(H2,18,19). The number of aromatic nitrogens is 1. The zero-order valence-corrected chi connectivity index (χ0v) is 13.3. The highest BCUT2D eigenvalue weighted by Gasteiger charge is 2.30. The lowest BCUT2D eigenvalue weighted by atomic mass is 9.96. The molecule has 5 heteroatoms. The molecule has 1 aliphatic heterocycles. The van der Waals surface area contributed by atoms with E-state index in [-0.39, 0.29) is 17.8 Å². The summed E-state index contributed by atoms with van der Waals surface area (Å²) in [6, 6.07) is 9.90. The number of nitrogen functional groups attached to an aromatic ring is 1. The second-order valence-electron chi connectivity index (χ2n) is 5.28. The molecular weight excluding hydrogens is 330 g/mol. The maximum atomic E-state index is 12.9. The Kier molecular flexibility index (Phi) is 3.68. The number of carbonyl (C=O) groups is 1. The van der Waals surface area contributed by atoms with Crippen LogP contribution in [0.1, 0.15) is 29.3 Å². The van der Waals surface area contributed by atoms with E-state index in [1.165, 1.54) is 5.56 Å². The summed E-state index contributed by atoms with van der Waals surface area (Å²) < 4.78 is 0.748. The molecule has 2 N–H and O–H groups in total. The molecule has 0 saturated carbocycles. The highest BCUT2D eigenvalue weighted by molar-refractivity contribution is 9.10. The van der Waals surface area contributed by atoms with Crippen LogP contribution in [0.4, 0.5) is 11.5 Å². The first-order valence-electron chi connectivity index (χ1n) is 6.90. The van der Waals surface area contributed by atoms with Gasteiger partial charge in [-0.25, -0.2) is 4.98 Å². The molecule has 108 valence electrons. The van der Waals surface area contributed by atoms with E-state index in [2.05, 4.69) is 33.9 Å². The van der Waals surface area contributed by atoms with Crippen LogP contribution in [0.5, 0.6) is 0 Å². The van der Waals surface area contributed by atoms with E-state index in [0.29, 0.717) is 5.56 Å². The van der Waals surface area contributed by atoms with Crippen molar-refractivity contribution in [3.05, 3.63) is 52.1 Å². The maximum absolute atomic E-state index is 12.9. The zero-order chi connectivity index (χ0) is 15.0. The summed E-state index contributed by atoms with van der Waals surface area (Å²) in [5.41, 5.74) is 8.49. The Morgan fingerprint density at radius 3 is 3.00 bits per heavy atom. The minimum Gasteiger partial charge on any atom is -0.383 e. The molecule has 0 fully saturated rings. The Morgan fingerprint density at radius 1 is 1.43 bits per heavy atom. The molecule has 2 heterocycles. The number of hydrogen-bond acceptors (Lipinski definition) is 3. The lowest BCUT2D eigenvalue weighted by molar-refractivity contribution is 0.0975. The largest absolute Gasteiger partial charge is 0.383 e. The number of aryl methyl sites for hydroxylation is 1. The molecule has 1 aromatic heterocycles. The van der Waals surface area contributed by atoms with Crippen molar-refractivity contribution in [2.24, 2.45) is 0 Å². The number of carbonyl (C=O) groups excluding carboxylic acids is 1. The second-order valence-corrected chi connectivity index (χ2v) is 6.19. The lowest BCUT2D eigenvalue weighted by Gasteiger charge is -2.35. The predicted molar refractivity (Wildman–Crippen MR) is 87.4 cm³/mol. The molecule has 1 aliphatic rings. The summed E-state index contributed by atoms with van der Waals surface area (Å²) in [6.07, 6.45) is 3.54. The number of halogens is 1. The van der Waals surface area contributed by atoms with Gasteiger partial charge in [0.2, 0.25) is 0 Å². The van der Waals surface area contributed by atoms with Crippen LogP contribution in [0.25, 0.3) is 0 Å². The third-order valence-corrected chi connectivity index (χ3v) is 4.29. The second kappa shape index (κ2) is 5.48. The van der Waals surface area contributed by atoms with Crippen LogP contribution < -0.4 is 10.6 Å². The van der Waals surface area contributed by atoms with Crippen LogP contribution in [0.3, 0.4) is 0 Å². The number of nitrogens with zero attached hydrogens (tertiary/aromatic N) is 2. The van der Waals surface area contributed by atoms with Gasteiger partial charge in [0.05, 0.1) is 5.56 Å². The Hall–Kier alpha value is -1.88. The average Bonchev–Trinajstić information content (AvgIpc) is 2.49. The smallest absolute Gasteiger partial charge is 0.262 e. The Balaban J connectivity index is 2.07. The Bertz CT molecular complexity index is 702. The van der Waals surface area contributed by atoms with Crippen molar-refractivity contribution in [3.63, 3.8) is 0 Å². The highest BCUT2D eigenvalue weighted by atomic mass is 79.9. The monoisotopic (exact) mass is 345 g/mol. The fourth-order valence-electron chi connectivity index (χ4n) is 2.75. The van der Waals surface area contributed by atoms with Crippen molar-refractivity contribution in [2.45, 2.75) is 25.8 Å². The molecule has 3 rings (SSSR count). The molecule has 4 nitrogen and oxygen atoms in total. The van der Waals surface area contributed by atoms with Gasteiger partial charge in [0.15, 0.2) is 0 Å². The van der Waals surface area contributed by atoms with E-state index in [1.807, 2.05) is 23.1 Å². The van der Waals surface area contributed by atoms with Crippen LogP contribution in [-0.4, -0.2) is 16.9 Å². The summed E-state index contributed by atoms with van der Waals surface area (Å²) >= 11 is 3.35. The first kappa shape index (κ1) is 14.1. The SMILES string of the molecule is CC1CCc2ccccc2N1C(=O)c1cc(Br)cnc1N. The topological polar surface area (TPSA) is 59.2 Å². The molecule has 0 aliphatic carbocycles. The molecule has 0 spiro atoms. The number of amides is 1. The molecule has 21 heavy (non-hydrogen) atoms. The van der Waals surface area contributed by atoms with Crippen molar-refractivity contribution in [2.75, 3.05) is 10.6 Å². The van der Waals surface area contributed by atoms with Crippen LogP contribution in [0, 0.1) is 0 Å². The third kappa shape index (κ3) is 2.53. The van der Waals surface area contributed by atoms with Gasteiger partial charge in [0.25, 0.3) is 5.91 Å². The van der Waals surface area contributed by atoms with Crippen molar-refractivity contribution >= 4 is 33.3 Å². The minimum absolute atomic E-state index is 0.0963. The molecule has 1 aromatic carbocycles. The molecular formula is C16H16BrN3O. The highest BCUT2D eigenvalue weighted by Crippen LogP contribution is 2.32. The molecule has 2 aromatic rings. The first-order chi connectivity index (χ1) is 10.1. The van der Waals surface area contributed by atoms with E-state index in [9.17, 15) is 4.79 Å². The van der Waals surface area contributed by atoms with Gasteiger partial charge in [-0.2, -0.15) is 0 Å². The van der Waals surface area contributed by atoms with Crippen molar-refractivity contribution in [1.29, 1.82) is 0 Å². The molecule has 1 amide bonds. The van der Waals surface area contributed by atoms with Crippen LogP contribution >= 0.6 is 15.9 Å². The maximum Gasteiger partial charge on any atom is 0.262 e. The molecule has 0 radical (unpaired) electrons. The van der Waals surface area contributed by atoms with E-state index in [1.54, 1.807) is 12.3 Å².